The third-order valence-electron chi connectivity index (χ3n) is 9.02. The normalized spacial score (nSPS) is 20.8. The quantitative estimate of drug-likeness (QED) is 0.293. The third-order valence-corrected chi connectivity index (χ3v) is 9.02. The fraction of sp³-hybridized carbons (Fsp3) is 0.455. The highest BCUT2D eigenvalue weighted by Crippen LogP contribution is 2.35. The number of aromatic nitrogens is 2. The average Bonchev–Trinajstić information content (AvgIpc) is 3.43. The van der Waals surface area contributed by atoms with E-state index in [0.717, 1.165) is 48.7 Å². The van der Waals surface area contributed by atoms with Crippen molar-refractivity contribution in [2.75, 3.05) is 51.3 Å². The third kappa shape index (κ3) is 5.56. The first-order valence-corrected chi connectivity index (χ1v) is 14.9. The Morgan fingerprint density at radius 2 is 1.98 bits per heavy atom. The van der Waals surface area contributed by atoms with Crippen LogP contribution in [0.2, 0.25) is 0 Å². The van der Waals surface area contributed by atoms with Crippen LogP contribution in [0.5, 0.6) is 6.01 Å². The van der Waals surface area contributed by atoms with Gasteiger partial charge in [0.2, 0.25) is 6.54 Å². The molecule has 2 aromatic carbocycles. The van der Waals surface area contributed by atoms with E-state index in [1.54, 1.807) is 0 Å². The van der Waals surface area contributed by atoms with Crippen LogP contribution in [0, 0.1) is 6.57 Å². The topological polar surface area (TPSA) is 66.2 Å². The molecule has 0 saturated carbocycles. The van der Waals surface area contributed by atoms with Gasteiger partial charge in [0.1, 0.15) is 18.5 Å². The lowest BCUT2D eigenvalue weighted by atomic mass is 9.86. The SMILES string of the molecule is [C-]#[N+]C[C@H]1CN(c2nc(OC[C@@H]3CCCN3C)nc3cc(-c4cccc5c4CCCC5)ccc23)CCN1C(=O)C(=C)F. The van der Waals surface area contributed by atoms with Crippen LogP contribution in [-0.4, -0.2) is 84.1 Å². The average molecular weight is 569 g/mol. The molecule has 2 fully saturated rings. The number of nitrogens with zero attached hydrogens (tertiary/aromatic N) is 6. The Kier molecular flexibility index (Phi) is 8.07. The molecule has 0 N–H and O–H groups in total. The second-order valence-corrected chi connectivity index (χ2v) is 11.6. The van der Waals surface area contributed by atoms with Gasteiger partial charge in [-0.15, -0.1) is 0 Å². The summed E-state index contributed by atoms with van der Waals surface area (Å²) in [7, 11) is 2.12. The molecule has 218 valence electrons. The maximum Gasteiger partial charge on any atom is 0.319 e. The maximum absolute atomic E-state index is 13.8. The predicted octanol–water partition coefficient (Wildman–Crippen LogP) is 5.07. The van der Waals surface area contributed by atoms with E-state index in [1.807, 2.05) is 0 Å². The molecule has 6 rings (SSSR count). The van der Waals surface area contributed by atoms with Crippen molar-refractivity contribution in [3.05, 3.63) is 71.3 Å². The van der Waals surface area contributed by atoms with Gasteiger partial charge in [0, 0.05) is 31.1 Å². The van der Waals surface area contributed by atoms with Crippen LogP contribution in [0.25, 0.3) is 26.9 Å². The van der Waals surface area contributed by atoms with E-state index >= 15 is 0 Å². The minimum absolute atomic E-state index is 0.0686. The van der Waals surface area contributed by atoms with Gasteiger partial charge < -0.3 is 24.3 Å². The number of halogens is 1. The van der Waals surface area contributed by atoms with E-state index in [4.69, 9.17) is 21.3 Å². The smallest absolute Gasteiger partial charge is 0.319 e. The van der Waals surface area contributed by atoms with Crippen molar-refractivity contribution < 1.29 is 13.9 Å². The number of piperazine rings is 1. The van der Waals surface area contributed by atoms with Gasteiger partial charge >= 0.3 is 6.01 Å². The Hall–Kier alpha value is -4.03. The molecule has 9 heteroatoms. The fourth-order valence-corrected chi connectivity index (χ4v) is 6.71. The van der Waals surface area contributed by atoms with E-state index in [1.165, 1.54) is 34.4 Å². The number of likely N-dealkylation sites (tertiary alicyclic amines) is 1. The van der Waals surface area contributed by atoms with Crippen molar-refractivity contribution in [3.63, 3.8) is 0 Å². The van der Waals surface area contributed by atoms with Crippen molar-refractivity contribution in [1.29, 1.82) is 0 Å². The van der Waals surface area contributed by atoms with Crippen LogP contribution in [0.4, 0.5) is 10.2 Å². The van der Waals surface area contributed by atoms with Crippen LogP contribution < -0.4 is 9.64 Å². The highest BCUT2D eigenvalue weighted by molar-refractivity contribution is 5.94. The van der Waals surface area contributed by atoms with Gasteiger partial charge in [-0.05, 0) is 86.5 Å². The van der Waals surface area contributed by atoms with Gasteiger partial charge in [-0.25, -0.2) is 11.0 Å². The number of benzene rings is 2. The van der Waals surface area contributed by atoms with E-state index in [2.05, 4.69) is 64.7 Å². The molecule has 3 heterocycles. The monoisotopic (exact) mass is 568 g/mol. The summed E-state index contributed by atoms with van der Waals surface area (Å²) in [5, 5.41) is 0.880. The van der Waals surface area contributed by atoms with E-state index in [0.29, 0.717) is 37.6 Å². The first kappa shape index (κ1) is 28.1. The molecular weight excluding hydrogens is 531 g/mol. The second kappa shape index (κ2) is 12.1. The number of carbonyl (C=O) groups is 1. The van der Waals surface area contributed by atoms with Crippen molar-refractivity contribution in [1.82, 2.24) is 19.8 Å². The van der Waals surface area contributed by atoms with Crippen LogP contribution in [0.1, 0.15) is 36.8 Å². The molecule has 0 radical (unpaired) electrons. The lowest BCUT2D eigenvalue weighted by molar-refractivity contribution is -0.131. The van der Waals surface area contributed by atoms with Crippen LogP contribution >= 0.6 is 0 Å². The Morgan fingerprint density at radius 3 is 2.76 bits per heavy atom. The highest BCUT2D eigenvalue weighted by Gasteiger charge is 2.35. The molecular formula is C33H37FN6O2. The molecule has 1 amide bonds. The molecule has 2 atom stereocenters. The molecule has 1 aliphatic carbocycles. The largest absolute Gasteiger partial charge is 0.462 e. The van der Waals surface area contributed by atoms with Crippen molar-refractivity contribution in [3.8, 4) is 17.1 Å². The maximum atomic E-state index is 13.8. The Labute approximate surface area is 246 Å². The van der Waals surface area contributed by atoms with Gasteiger partial charge in [-0.2, -0.15) is 9.97 Å². The van der Waals surface area contributed by atoms with Gasteiger partial charge in [-0.1, -0.05) is 30.8 Å². The van der Waals surface area contributed by atoms with Crippen LogP contribution in [0.3, 0.4) is 0 Å². The standard InChI is InChI=1S/C33H37FN6O2/c1-22(34)32(41)40-17-16-39(20-26(40)19-35-2)31-29-14-13-24(28-12-6-9-23-8-4-5-11-27(23)28)18-30(29)36-33(37-31)42-21-25-10-7-15-38(25)3/h6,9,12-14,18,25-26H,1,4-5,7-8,10-11,15-17,19-21H2,3H3/t25-,26-/m0/s1. The van der Waals surface area contributed by atoms with Gasteiger partial charge in [0.05, 0.1) is 5.52 Å². The number of hydrogen-bond acceptors (Lipinski definition) is 6. The molecule has 1 aromatic heterocycles. The zero-order valence-corrected chi connectivity index (χ0v) is 24.2. The van der Waals surface area contributed by atoms with Crippen LogP contribution in [0.15, 0.2) is 48.8 Å². The van der Waals surface area contributed by atoms with E-state index in [9.17, 15) is 9.18 Å². The number of ether oxygens (including phenoxy) is 1. The molecule has 0 bridgehead atoms. The van der Waals surface area contributed by atoms with Gasteiger partial charge in [0.25, 0.3) is 5.91 Å². The summed E-state index contributed by atoms with van der Waals surface area (Å²) < 4.78 is 20.0. The Morgan fingerprint density at radius 1 is 1.12 bits per heavy atom. The van der Waals surface area contributed by atoms with Crippen molar-refractivity contribution >= 4 is 22.6 Å². The number of aryl methyl sites for hydroxylation is 1. The van der Waals surface area contributed by atoms with Crippen LogP contribution in [-0.2, 0) is 17.6 Å². The van der Waals surface area contributed by atoms with Gasteiger partial charge in [0.15, 0.2) is 5.83 Å². The summed E-state index contributed by atoms with van der Waals surface area (Å²) >= 11 is 0. The number of carbonyl (C=O) groups excluding carboxylic acids is 1. The lowest BCUT2D eigenvalue weighted by Crippen LogP contribution is -2.56. The molecule has 0 unspecified atom stereocenters. The number of anilines is 1. The van der Waals surface area contributed by atoms with Crippen molar-refractivity contribution in [2.24, 2.45) is 0 Å². The van der Waals surface area contributed by atoms with Crippen molar-refractivity contribution in [2.45, 2.75) is 50.6 Å². The molecule has 2 saturated heterocycles. The summed E-state index contributed by atoms with van der Waals surface area (Å²) in [4.78, 5) is 31.6. The summed E-state index contributed by atoms with van der Waals surface area (Å²) in [6.07, 6.45) is 6.86. The molecule has 0 spiro atoms. The molecule has 2 aliphatic heterocycles. The number of amides is 1. The zero-order chi connectivity index (χ0) is 29.2. The molecule has 42 heavy (non-hydrogen) atoms. The summed E-state index contributed by atoms with van der Waals surface area (Å²) in [5.41, 5.74) is 6.02. The molecule has 3 aliphatic rings. The molecule has 3 aromatic rings. The summed E-state index contributed by atoms with van der Waals surface area (Å²) in [6, 6.07) is 13.1. The first-order chi connectivity index (χ1) is 20.4. The first-order valence-electron chi connectivity index (χ1n) is 14.9. The lowest BCUT2D eigenvalue weighted by Gasteiger charge is -2.39. The van der Waals surface area contributed by atoms with E-state index in [-0.39, 0.29) is 13.1 Å². The van der Waals surface area contributed by atoms with E-state index < -0.39 is 17.8 Å². The number of hydrogen-bond donors (Lipinski definition) is 0. The Bertz CT molecular complexity index is 1550. The highest BCUT2D eigenvalue weighted by atomic mass is 19.1. The van der Waals surface area contributed by atoms with Gasteiger partial charge in [-0.3, -0.25) is 4.79 Å². The predicted molar refractivity (Wildman–Crippen MR) is 162 cm³/mol. The molecule has 8 nitrogen and oxygen atoms in total. The number of rotatable bonds is 7. The summed E-state index contributed by atoms with van der Waals surface area (Å²) in [5.74, 6) is -1.05. The Balaban J connectivity index is 1.38. The fourth-order valence-electron chi connectivity index (χ4n) is 6.71. The minimum atomic E-state index is -1.01. The number of likely N-dealkylation sites (N-methyl/N-ethyl adjacent to an activating group) is 1. The zero-order valence-electron chi connectivity index (χ0n) is 24.2. The summed E-state index contributed by atoms with van der Waals surface area (Å²) in [6.45, 7) is 13.3. The number of fused-ring (bicyclic) bond motifs is 2. The second-order valence-electron chi connectivity index (χ2n) is 11.6. The minimum Gasteiger partial charge on any atom is -0.462 e.